The van der Waals surface area contributed by atoms with Gasteiger partial charge in [-0.25, -0.2) is 0 Å². The maximum atomic E-state index is 0. The minimum Gasteiger partial charge on any atom is -0.197 e. The first-order valence-corrected chi connectivity index (χ1v) is 0. The molecule has 4 heavy (non-hydrogen) atoms. The normalized spacial score (nSPS) is 0. The summed E-state index contributed by atoms with van der Waals surface area (Å²) in [6, 6.07) is 0. The largest absolute Gasteiger partial charge is 0.197 e. The summed E-state index contributed by atoms with van der Waals surface area (Å²) in [5.41, 5.74) is 0. The van der Waals surface area contributed by atoms with Crippen LogP contribution in [0.15, 0.2) is 0 Å². The van der Waals surface area contributed by atoms with E-state index in [9.17, 15) is 0 Å². The third kappa shape index (κ3) is 9.10. The molecule has 0 fully saturated rings. The van der Waals surface area contributed by atoms with Crippen molar-refractivity contribution in [1.82, 2.24) is 0 Å². The predicted octanol–water partition coefficient (Wildman–Crippen LogP) is 0.166. The summed E-state index contributed by atoms with van der Waals surface area (Å²) < 4.78 is 0. The van der Waals surface area contributed by atoms with Crippen molar-refractivity contribution < 1.29 is 35.6 Å². The molecule has 0 bridgehead atoms. The molecule has 0 aliphatic rings. The topological polar surface area (TPSA) is 0 Å². The predicted molar refractivity (Wildman–Crippen MR) is 21.5 cm³/mol. The van der Waals surface area contributed by atoms with E-state index in [0.717, 1.165) is 0 Å². The summed E-state index contributed by atoms with van der Waals surface area (Å²) in [6.45, 7) is 0. The molecule has 0 N–H and O–H groups in total. The molecule has 0 aromatic heterocycles. The molecule has 0 saturated carbocycles. The van der Waals surface area contributed by atoms with Gasteiger partial charge in [-0.1, -0.05) is 0 Å². The van der Waals surface area contributed by atoms with Crippen molar-refractivity contribution in [1.29, 1.82) is 0 Å². The van der Waals surface area contributed by atoms with Crippen molar-refractivity contribution in [2.24, 2.45) is 0 Å². The summed E-state index contributed by atoms with van der Waals surface area (Å²) >= 11 is 0. The van der Waals surface area contributed by atoms with E-state index >= 15 is 0 Å². The second-order valence-electron chi connectivity index (χ2n) is 0. The van der Waals surface area contributed by atoms with Crippen molar-refractivity contribution in [3.8, 4) is 0 Å². The van der Waals surface area contributed by atoms with Gasteiger partial charge in [0.2, 0.25) is 0 Å². The third-order valence-corrected chi connectivity index (χ3v) is 0. The molecular weight excluding hydrogens is 178 g/mol. The van der Waals surface area contributed by atoms with Crippen LogP contribution in [0.1, 0.15) is 0 Å². The van der Waals surface area contributed by atoms with E-state index in [1.165, 1.54) is 0 Å². The summed E-state index contributed by atoms with van der Waals surface area (Å²) in [6.07, 6.45) is 0. The minimum atomic E-state index is 0. The van der Waals surface area contributed by atoms with Crippen LogP contribution in [0.25, 0.3) is 0 Å². The van der Waals surface area contributed by atoms with Gasteiger partial charge in [-0.15, -0.1) is 0 Å². The van der Waals surface area contributed by atoms with Gasteiger partial charge >= 0.3 is 0 Å². The fourth-order valence-corrected chi connectivity index (χ4v) is 0. The summed E-state index contributed by atoms with van der Waals surface area (Å²) in [5.74, 6) is 0. The van der Waals surface area contributed by atoms with Gasteiger partial charge in [-0.2, -0.15) is 23.4 Å². The molecule has 0 saturated heterocycles. The van der Waals surface area contributed by atoms with Gasteiger partial charge in [-0.05, 0) is 0 Å². The van der Waals surface area contributed by atoms with E-state index in [2.05, 4.69) is 0 Å². The molecule has 0 aliphatic heterocycles. The van der Waals surface area contributed by atoms with Crippen molar-refractivity contribution in [3.05, 3.63) is 0 Å². The molecule has 0 aromatic carbocycles. The van der Waals surface area contributed by atoms with Crippen molar-refractivity contribution >= 4 is 23.4 Å². The molecule has 0 spiro atoms. The molecule has 0 aromatic rings. The summed E-state index contributed by atoms with van der Waals surface area (Å²) in [7, 11) is 0. The second-order valence-corrected chi connectivity index (χ2v) is 0. The smallest absolute Gasteiger partial charge is 0 e. The molecule has 4 heteroatoms. The maximum absolute atomic E-state index is 0. The van der Waals surface area contributed by atoms with Crippen LogP contribution in [0.4, 0.5) is 0 Å². The van der Waals surface area contributed by atoms with Crippen LogP contribution in [0.5, 0.6) is 0 Å². The number of rotatable bonds is 0. The Morgan fingerprint density at radius 1 is 1.00 bits per heavy atom. The zero-order chi connectivity index (χ0) is 0. The van der Waals surface area contributed by atoms with E-state index in [1.54, 1.807) is 0 Å². The Hall–Kier alpha value is 1.88. The fraction of sp³-hybridized carbons (Fsp3) is 0. The molecule has 32 valence electrons. The van der Waals surface area contributed by atoms with Crippen LogP contribution in [0.2, 0.25) is 0 Å². The van der Waals surface area contributed by atoms with Gasteiger partial charge in [0.05, 0.1) is 0 Å². The molecule has 0 heterocycles. The van der Waals surface area contributed by atoms with Gasteiger partial charge in [0.25, 0.3) is 0 Å². The molecule has 2 radical (unpaired) electrons. The van der Waals surface area contributed by atoms with Crippen LogP contribution in [-0.4, -0.2) is 0 Å². The summed E-state index contributed by atoms with van der Waals surface area (Å²) in [5, 5.41) is 0. The maximum Gasteiger partial charge on any atom is 0 e. The second kappa shape index (κ2) is 20.8. The number of hydrogen-bond acceptors (Lipinski definition) is 0. The zero-order valence-electron chi connectivity index (χ0n) is 1.96. The molecule has 0 amide bonds. The van der Waals surface area contributed by atoms with E-state index < -0.39 is 0 Å². The average Bonchev–Trinajstić information content (AvgIpc) is 0. The molecule has 0 aliphatic carbocycles. The summed E-state index contributed by atoms with van der Waals surface area (Å²) in [4.78, 5) is 0. The van der Waals surface area contributed by atoms with Crippen LogP contribution in [0.3, 0.4) is 0 Å². The van der Waals surface area contributed by atoms with Gasteiger partial charge in [0, 0.05) is 35.6 Å². The van der Waals surface area contributed by atoms with Gasteiger partial charge in [0.1, 0.15) is 0 Å². The Labute approximate surface area is 58.9 Å². The monoisotopic (exact) mass is 182 g/mol. The Morgan fingerprint density at radius 2 is 1.00 bits per heavy atom. The molecule has 0 nitrogen and oxygen atoms in total. The van der Waals surface area contributed by atoms with Crippen molar-refractivity contribution in [3.63, 3.8) is 0 Å². The molecular formula is H5CuPSV. The van der Waals surface area contributed by atoms with Crippen molar-refractivity contribution in [2.75, 3.05) is 0 Å². The molecule has 1 unspecified atom stereocenters. The first kappa shape index (κ1) is 39.5. The average molecular weight is 183 g/mol. The minimum absolute atomic E-state index is 0. The third-order valence-electron chi connectivity index (χ3n) is 0. The Morgan fingerprint density at radius 3 is 1.00 bits per heavy atom. The zero-order valence-corrected chi connectivity index (χ0v) is 6.71. The number of hydrogen-bond donors (Lipinski definition) is 0. The SMILES string of the molecule is P.S.[Cu].[V]. The van der Waals surface area contributed by atoms with E-state index in [4.69, 9.17) is 0 Å². The van der Waals surface area contributed by atoms with Crippen LogP contribution >= 0.6 is 23.4 Å². The Bertz CT molecular complexity index is 8.00. The van der Waals surface area contributed by atoms with E-state index in [-0.39, 0.29) is 59.0 Å². The molecule has 1 atom stereocenters. The van der Waals surface area contributed by atoms with Crippen LogP contribution in [0, 0.1) is 0 Å². The fourth-order valence-electron chi connectivity index (χ4n) is 0. The van der Waals surface area contributed by atoms with E-state index in [0.29, 0.717) is 0 Å². The molecule has 0 rings (SSSR count). The van der Waals surface area contributed by atoms with Crippen molar-refractivity contribution in [2.45, 2.75) is 0 Å². The first-order valence-electron chi connectivity index (χ1n) is 0. The van der Waals surface area contributed by atoms with Gasteiger partial charge in [-0.3, -0.25) is 0 Å². The van der Waals surface area contributed by atoms with Crippen LogP contribution in [-0.2, 0) is 35.6 Å². The first-order chi connectivity index (χ1) is 0. The van der Waals surface area contributed by atoms with Gasteiger partial charge in [0.15, 0.2) is 0 Å². The van der Waals surface area contributed by atoms with Gasteiger partial charge < -0.3 is 0 Å². The quantitative estimate of drug-likeness (QED) is 0.370. The Kier molecular flexibility index (Phi) is 205. The van der Waals surface area contributed by atoms with Crippen LogP contribution < -0.4 is 0 Å². The Balaban J connectivity index is 0. The van der Waals surface area contributed by atoms with E-state index in [1.807, 2.05) is 0 Å². The standard InChI is InChI=1S/Cu.H3P.H2S.V/h;1H3;1H2;.